The van der Waals surface area contributed by atoms with Gasteiger partial charge in [0.2, 0.25) is 5.79 Å². The van der Waals surface area contributed by atoms with Crippen LogP contribution in [0.1, 0.15) is 13.8 Å². The Hall–Kier alpha value is -0.740. The van der Waals surface area contributed by atoms with E-state index in [0.29, 0.717) is 5.76 Å². The van der Waals surface area contributed by atoms with E-state index >= 15 is 0 Å². The van der Waals surface area contributed by atoms with Crippen molar-refractivity contribution in [3.63, 3.8) is 0 Å². The van der Waals surface area contributed by atoms with Gasteiger partial charge in [0.15, 0.2) is 5.76 Å². The lowest BCUT2D eigenvalue weighted by Crippen LogP contribution is -2.26. The quantitative estimate of drug-likeness (QED) is 0.592. The lowest BCUT2D eigenvalue weighted by atomic mass is 10.3. The minimum Gasteiger partial charge on any atom is -0.457 e. The van der Waals surface area contributed by atoms with Gasteiger partial charge in [-0.25, -0.2) is 0 Å². The van der Waals surface area contributed by atoms with Crippen LogP contribution in [0.5, 0.6) is 0 Å². The highest BCUT2D eigenvalue weighted by atomic mass is 16.7. The highest BCUT2D eigenvalue weighted by molar-refractivity contribution is 5.01. The highest BCUT2D eigenvalue weighted by Crippen LogP contribution is 2.25. The third kappa shape index (κ3) is 1.85. The van der Waals surface area contributed by atoms with Crippen molar-refractivity contribution in [1.29, 1.82) is 0 Å². The van der Waals surface area contributed by atoms with E-state index in [-0.39, 0.29) is 6.54 Å². The zero-order valence-corrected chi connectivity index (χ0v) is 6.70. The van der Waals surface area contributed by atoms with E-state index in [1.807, 2.05) is 0 Å². The molecule has 0 saturated heterocycles. The Morgan fingerprint density at radius 2 is 2.36 bits per heavy atom. The first-order valence-electron chi connectivity index (χ1n) is 3.50. The third-order valence-corrected chi connectivity index (χ3v) is 1.37. The summed E-state index contributed by atoms with van der Waals surface area (Å²) in [6.07, 6.45) is 0.647. The van der Waals surface area contributed by atoms with E-state index < -0.39 is 11.9 Å². The first-order valence-corrected chi connectivity index (χ1v) is 3.50. The molecule has 64 valence electrons. The van der Waals surface area contributed by atoms with Gasteiger partial charge in [-0.15, -0.1) is 0 Å². The normalized spacial score (nSPS) is 23.5. The molecule has 0 spiro atoms. The maximum atomic E-state index is 9.19. The second-order valence-corrected chi connectivity index (χ2v) is 2.89. The van der Waals surface area contributed by atoms with Crippen molar-refractivity contribution in [2.75, 3.05) is 6.54 Å². The molecule has 0 bridgehead atoms. The molecule has 0 aliphatic carbocycles. The molecular formula is C7H13NO3. The largest absolute Gasteiger partial charge is 0.457 e. The molecule has 1 atom stereocenters. The monoisotopic (exact) mass is 159 g/mol. The van der Waals surface area contributed by atoms with Crippen molar-refractivity contribution < 1.29 is 14.6 Å². The fraction of sp³-hybridized carbons (Fsp3) is 0.714. The number of aliphatic hydroxyl groups excluding tert-OH is 1. The molecule has 4 nitrogen and oxygen atoms in total. The molecule has 0 radical (unpaired) electrons. The summed E-state index contributed by atoms with van der Waals surface area (Å²) in [5, 5.41) is 9.19. The molecule has 3 N–H and O–H groups in total. The molecular weight excluding hydrogens is 146 g/mol. The van der Waals surface area contributed by atoms with Gasteiger partial charge in [-0.3, -0.25) is 0 Å². The molecule has 4 heteroatoms. The number of rotatable bonds is 2. The number of aliphatic hydroxyl groups is 1. The van der Waals surface area contributed by atoms with E-state index in [4.69, 9.17) is 15.2 Å². The average molecular weight is 159 g/mol. The van der Waals surface area contributed by atoms with Crippen LogP contribution in [-0.4, -0.2) is 23.5 Å². The summed E-state index contributed by atoms with van der Waals surface area (Å²) in [7, 11) is 0. The van der Waals surface area contributed by atoms with Crippen molar-refractivity contribution in [3.8, 4) is 0 Å². The first-order chi connectivity index (χ1) is 5.05. The molecule has 1 aliphatic rings. The summed E-state index contributed by atoms with van der Waals surface area (Å²) in [6.45, 7) is 3.67. The molecule has 0 aromatic carbocycles. The Morgan fingerprint density at radius 3 is 2.73 bits per heavy atom. The lowest BCUT2D eigenvalue weighted by Gasteiger charge is -2.19. The van der Waals surface area contributed by atoms with Gasteiger partial charge in [0, 0.05) is 20.4 Å². The predicted molar refractivity (Wildman–Crippen MR) is 39.4 cm³/mol. The van der Waals surface area contributed by atoms with Crippen molar-refractivity contribution in [1.82, 2.24) is 0 Å². The van der Waals surface area contributed by atoms with E-state index in [1.165, 1.54) is 6.26 Å². The fourth-order valence-electron chi connectivity index (χ4n) is 0.795. The summed E-state index contributed by atoms with van der Waals surface area (Å²) >= 11 is 0. The summed E-state index contributed by atoms with van der Waals surface area (Å²) < 4.78 is 10.3. The molecule has 0 amide bonds. The van der Waals surface area contributed by atoms with Crippen molar-refractivity contribution in [2.24, 2.45) is 5.73 Å². The third-order valence-electron chi connectivity index (χ3n) is 1.37. The van der Waals surface area contributed by atoms with Crippen LogP contribution in [0.2, 0.25) is 0 Å². The number of ether oxygens (including phenoxy) is 2. The maximum Gasteiger partial charge on any atom is 0.244 e. The van der Waals surface area contributed by atoms with Gasteiger partial charge in [-0.05, 0) is 0 Å². The molecule has 1 heterocycles. The second kappa shape index (κ2) is 2.71. The fourth-order valence-corrected chi connectivity index (χ4v) is 0.795. The SMILES string of the molecule is CC1(C)OC=C(C(O)CN)O1. The van der Waals surface area contributed by atoms with Gasteiger partial charge >= 0.3 is 0 Å². The highest BCUT2D eigenvalue weighted by Gasteiger charge is 2.30. The summed E-state index contributed by atoms with van der Waals surface area (Å²) in [5.41, 5.74) is 5.21. The van der Waals surface area contributed by atoms with Crippen LogP contribution < -0.4 is 5.73 Å². The van der Waals surface area contributed by atoms with Gasteiger partial charge < -0.3 is 20.3 Å². The van der Waals surface area contributed by atoms with E-state index in [9.17, 15) is 5.11 Å². The number of hydrogen-bond donors (Lipinski definition) is 2. The smallest absolute Gasteiger partial charge is 0.244 e. The van der Waals surface area contributed by atoms with Crippen LogP contribution in [-0.2, 0) is 9.47 Å². The van der Waals surface area contributed by atoms with Gasteiger partial charge in [0.1, 0.15) is 12.4 Å². The topological polar surface area (TPSA) is 64.7 Å². The lowest BCUT2D eigenvalue weighted by molar-refractivity contribution is -0.124. The molecule has 0 saturated carbocycles. The van der Waals surface area contributed by atoms with Crippen LogP contribution >= 0.6 is 0 Å². The molecule has 0 aromatic rings. The Labute approximate surface area is 65.6 Å². The minimum absolute atomic E-state index is 0.144. The van der Waals surface area contributed by atoms with E-state index in [0.717, 1.165) is 0 Å². The van der Waals surface area contributed by atoms with Gasteiger partial charge in [0.25, 0.3) is 0 Å². The number of hydrogen-bond acceptors (Lipinski definition) is 4. The van der Waals surface area contributed by atoms with Gasteiger partial charge in [-0.2, -0.15) is 0 Å². The van der Waals surface area contributed by atoms with Crippen LogP contribution in [0.25, 0.3) is 0 Å². The summed E-state index contributed by atoms with van der Waals surface area (Å²) in [5.74, 6) is -0.261. The molecule has 1 aliphatic heterocycles. The van der Waals surface area contributed by atoms with Gasteiger partial charge in [-0.1, -0.05) is 0 Å². The first kappa shape index (κ1) is 8.36. The molecule has 1 rings (SSSR count). The standard InChI is InChI=1S/C7H13NO3/c1-7(2)10-4-6(11-7)5(9)3-8/h4-5,9H,3,8H2,1-2H3. The average Bonchev–Trinajstić information content (AvgIpc) is 2.29. The van der Waals surface area contributed by atoms with Crippen LogP contribution in [0.15, 0.2) is 12.0 Å². The molecule has 0 aromatic heterocycles. The number of nitrogens with two attached hydrogens (primary N) is 1. The minimum atomic E-state index is -0.753. The molecule has 11 heavy (non-hydrogen) atoms. The van der Waals surface area contributed by atoms with Crippen molar-refractivity contribution in [3.05, 3.63) is 12.0 Å². The van der Waals surface area contributed by atoms with Gasteiger partial charge in [0.05, 0.1) is 0 Å². The van der Waals surface area contributed by atoms with Crippen LogP contribution in [0, 0.1) is 0 Å². The second-order valence-electron chi connectivity index (χ2n) is 2.89. The molecule has 0 fully saturated rings. The van der Waals surface area contributed by atoms with E-state index in [1.54, 1.807) is 13.8 Å². The Balaban J connectivity index is 2.52. The zero-order chi connectivity index (χ0) is 8.48. The summed E-state index contributed by atoms with van der Waals surface area (Å²) in [4.78, 5) is 0. The van der Waals surface area contributed by atoms with Crippen molar-refractivity contribution in [2.45, 2.75) is 25.7 Å². The van der Waals surface area contributed by atoms with Crippen LogP contribution in [0.3, 0.4) is 0 Å². The maximum absolute atomic E-state index is 9.19. The Kier molecular flexibility index (Phi) is 2.06. The van der Waals surface area contributed by atoms with Crippen molar-refractivity contribution >= 4 is 0 Å². The predicted octanol–water partition coefficient (Wildman–Crippen LogP) is -0.0697. The van der Waals surface area contributed by atoms with E-state index in [2.05, 4.69) is 0 Å². The van der Waals surface area contributed by atoms with Crippen LogP contribution in [0.4, 0.5) is 0 Å². The summed E-state index contributed by atoms with van der Waals surface area (Å²) in [6, 6.07) is 0. The Bertz CT molecular complexity index is 177. The Morgan fingerprint density at radius 1 is 1.73 bits per heavy atom. The zero-order valence-electron chi connectivity index (χ0n) is 6.70. The molecule has 1 unspecified atom stereocenters.